The topological polar surface area (TPSA) is 83.6 Å². The fourth-order valence-electron chi connectivity index (χ4n) is 1.56. The Bertz CT molecular complexity index is 505. The zero-order valence-electron chi connectivity index (χ0n) is 10.1. The van der Waals surface area contributed by atoms with Crippen LogP contribution in [-0.2, 0) is 10.0 Å². The van der Waals surface area contributed by atoms with Gasteiger partial charge in [0, 0.05) is 25.4 Å². The first-order valence-corrected chi connectivity index (χ1v) is 7.03. The van der Waals surface area contributed by atoms with Gasteiger partial charge in [0.05, 0.1) is 0 Å². The van der Waals surface area contributed by atoms with Gasteiger partial charge in [-0.15, -0.1) is 0 Å². The van der Waals surface area contributed by atoms with E-state index in [1.54, 1.807) is 6.92 Å². The van der Waals surface area contributed by atoms with Crippen LogP contribution in [0.3, 0.4) is 0 Å². The van der Waals surface area contributed by atoms with Crippen LogP contribution < -0.4 is 5.73 Å². The highest BCUT2D eigenvalue weighted by atomic mass is 32.2. The molecule has 0 saturated carbocycles. The van der Waals surface area contributed by atoms with E-state index in [2.05, 4.69) is 0 Å². The maximum Gasteiger partial charge on any atom is 0.245 e. The van der Waals surface area contributed by atoms with Crippen LogP contribution in [0.15, 0.2) is 23.1 Å². The number of nitrogen functional groups attached to an aromatic ring is 1. The van der Waals surface area contributed by atoms with E-state index >= 15 is 0 Å². The first-order chi connectivity index (χ1) is 8.43. The van der Waals surface area contributed by atoms with Gasteiger partial charge in [-0.25, -0.2) is 12.8 Å². The zero-order chi connectivity index (χ0) is 13.8. The molecule has 3 N–H and O–H groups in total. The van der Waals surface area contributed by atoms with Gasteiger partial charge in [0.15, 0.2) is 0 Å². The van der Waals surface area contributed by atoms with E-state index in [0.29, 0.717) is 6.42 Å². The molecule has 102 valence electrons. The third kappa shape index (κ3) is 3.18. The molecule has 0 bridgehead atoms. The van der Waals surface area contributed by atoms with Crippen molar-refractivity contribution in [3.05, 3.63) is 24.0 Å². The van der Waals surface area contributed by atoms with Crippen LogP contribution in [0.4, 0.5) is 10.1 Å². The standard InChI is InChI=1S/C11H17FN2O3S/c1-2-14(6-3-7-15)18(16,17)11-5-4-9(13)8-10(11)12/h4-5,8,15H,2-3,6-7,13H2,1H3. The summed E-state index contributed by atoms with van der Waals surface area (Å²) in [6.07, 6.45) is 0.309. The number of halogens is 1. The molecule has 0 spiro atoms. The lowest BCUT2D eigenvalue weighted by molar-refractivity contribution is 0.271. The van der Waals surface area contributed by atoms with E-state index in [0.717, 1.165) is 16.4 Å². The lowest BCUT2D eigenvalue weighted by Gasteiger charge is -2.20. The lowest BCUT2D eigenvalue weighted by Crippen LogP contribution is -2.32. The molecule has 0 radical (unpaired) electrons. The highest BCUT2D eigenvalue weighted by molar-refractivity contribution is 7.89. The molecule has 0 unspecified atom stereocenters. The minimum Gasteiger partial charge on any atom is -0.399 e. The van der Waals surface area contributed by atoms with Crippen LogP contribution in [0.25, 0.3) is 0 Å². The number of aliphatic hydroxyl groups excluding tert-OH is 1. The summed E-state index contributed by atoms with van der Waals surface area (Å²) < 4.78 is 39.1. The van der Waals surface area contributed by atoms with Gasteiger partial charge >= 0.3 is 0 Å². The highest BCUT2D eigenvalue weighted by Gasteiger charge is 2.25. The van der Waals surface area contributed by atoms with Crippen LogP contribution in [-0.4, -0.2) is 37.5 Å². The molecule has 0 aliphatic carbocycles. The molecular formula is C11H17FN2O3S. The SMILES string of the molecule is CCN(CCCO)S(=O)(=O)c1ccc(N)cc1F. The van der Waals surface area contributed by atoms with Crippen molar-refractivity contribution in [3.63, 3.8) is 0 Å². The van der Waals surface area contributed by atoms with Crippen molar-refractivity contribution in [2.24, 2.45) is 0 Å². The number of benzene rings is 1. The quantitative estimate of drug-likeness (QED) is 0.753. The van der Waals surface area contributed by atoms with E-state index < -0.39 is 20.7 Å². The Balaban J connectivity index is 3.10. The normalized spacial score (nSPS) is 12.0. The van der Waals surface area contributed by atoms with E-state index in [1.807, 2.05) is 0 Å². The first-order valence-electron chi connectivity index (χ1n) is 5.59. The smallest absolute Gasteiger partial charge is 0.245 e. The van der Waals surface area contributed by atoms with Crippen LogP contribution in [0.1, 0.15) is 13.3 Å². The number of anilines is 1. The number of sulfonamides is 1. The summed E-state index contributed by atoms with van der Waals surface area (Å²) in [6.45, 7) is 1.91. The molecule has 1 aromatic carbocycles. The second-order valence-corrected chi connectivity index (χ2v) is 5.67. The summed E-state index contributed by atoms with van der Waals surface area (Å²) in [5.74, 6) is -0.863. The largest absolute Gasteiger partial charge is 0.399 e. The minimum atomic E-state index is -3.88. The number of rotatable bonds is 6. The molecule has 0 atom stereocenters. The molecule has 0 fully saturated rings. The number of aliphatic hydroxyl groups is 1. The molecular weight excluding hydrogens is 259 g/mol. The van der Waals surface area contributed by atoms with Gasteiger partial charge in [-0.3, -0.25) is 0 Å². The molecule has 0 aliphatic rings. The molecule has 0 saturated heterocycles. The molecule has 0 aromatic heterocycles. The summed E-state index contributed by atoms with van der Waals surface area (Å²) in [5.41, 5.74) is 5.55. The fraction of sp³-hybridized carbons (Fsp3) is 0.455. The fourth-order valence-corrected chi connectivity index (χ4v) is 3.09. The van der Waals surface area contributed by atoms with Crippen molar-refractivity contribution in [1.29, 1.82) is 0 Å². The van der Waals surface area contributed by atoms with Gasteiger partial charge in [-0.05, 0) is 24.6 Å². The molecule has 1 aromatic rings. The third-order valence-electron chi connectivity index (χ3n) is 2.49. The van der Waals surface area contributed by atoms with Crippen LogP contribution in [0, 0.1) is 5.82 Å². The number of hydrogen-bond acceptors (Lipinski definition) is 4. The van der Waals surface area contributed by atoms with E-state index in [1.165, 1.54) is 6.07 Å². The average Bonchev–Trinajstić information content (AvgIpc) is 2.29. The predicted molar refractivity (Wildman–Crippen MR) is 66.9 cm³/mol. The molecule has 18 heavy (non-hydrogen) atoms. The molecule has 5 nitrogen and oxygen atoms in total. The van der Waals surface area contributed by atoms with Gasteiger partial charge in [-0.2, -0.15) is 4.31 Å². The van der Waals surface area contributed by atoms with Crippen molar-refractivity contribution in [1.82, 2.24) is 4.31 Å². The van der Waals surface area contributed by atoms with Gasteiger partial charge in [0.25, 0.3) is 0 Å². The van der Waals surface area contributed by atoms with Crippen molar-refractivity contribution in [3.8, 4) is 0 Å². The van der Waals surface area contributed by atoms with Crippen molar-refractivity contribution in [2.45, 2.75) is 18.2 Å². The van der Waals surface area contributed by atoms with Gasteiger partial charge < -0.3 is 10.8 Å². The maximum absolute atomic E-state index is 13.6. The third-order valence-corrected chi connectivity index (χ3v) is 4.50. The Morgan fingerprint density at radius 2 is 2.11 bits per heavy atom. The average molecular weight is 276 g/mol. The highest BCUT2D eigenvalue weighted by Crippen LogP contribution is 2.21. The summed E-state index contributed by atoms with van der Waals surface area (Å²) in [7, 11) is -3.88. The van der Waals surface area contributed by atoms with Gasteiger partial charge in [0.2, 0.25) is 10.0 Å². The second-order valence-electron chi connectivity index (χ2n) is 3.76. The van der Waals surface area contributed by atoms with E-state index in [9.17, 15) is 12.8 Å². The Labute approximate surface area is 106 Å². The van der Waals surface area contributed by atoms with Crippen molar-refractivity contribution >= 4 is 15.7 Å². The van der Waals surface area contributed by atoms with Gasteiger partial charge in [0.1, 0.15) is 10.7 Å². The molecule has 0 aliphatic heterocycles. The molecule has 1 rings (SSSR count). The summed E-state index contributed by atoms with van der Waals surface area (Å²) in [4.78, 5) is -0.392. The summed E-state index contributed by atoms with van der Waals surface area (Å²) >= 11 is 0. The van der Waals surface area contributed by atoms with Crippen LogP contribution >= 0.6 is 0 Å². The Morgan fingerprint density at radius 1 is 1.44 bits per heavy atom. The van der Waals surface area contributed by atoms with Crippen LogP contribution in [0.5, 0.6) is 0 Å². The Hall–Kier alpha value is -1.18. The Kier molecular flexibility index (Phi) is 5.06. The van der Waals surface area contributed by atoms with Crippen molar-refractivity contribution < 1.29 is 17.9 Å². The molecule has 7 heteroatoms. The zero-order valence-corrected chi connectivity index (χ0v) is 11.0. The summed E-state index contributed by atoms with van der Waals surface area (Å²) in [6, 6.07) is 3.48. The van der Waals surface area contributed by atoms with Gasteiger partial charge in [-0.1, -0.05) is 6.92 Å². The number of hydrogen-bond donors (Lipinski definition) is 2. The van der Waals surface area contributed by atoms with E-state index in [4.69, 9.17) is 10.8 Å². The Morgan fingerprint density at radius 3 is 2.61 bits per heavy atom. The maximum atomic E-state index is 13.6. The second kappa shape index (κ2) is 6.12. The minimum absolute atomic E-state index is 0.115. The molecule has 0 heterocycles. The predicted octanol–water partition coefficient (Wildman–Crippen LogP) is 0.801. The number of nitrogens with two attached hydrogens (primary N) is 1. The lowest BCUT2D eigenvalue weighted by atomic mass is 10.3. The summed E-state index contributed by atoms with van der Waals surface area (Å²) in [5, 5.41) is 8.73. The first kappa shape index (κ1) is 14.9. The molecule has 0 amide bonds. The van der Waals surface area contributed by atoms with E-state index in [-0.39, 0.29) is 25.4 Å². The monoisotopic (exact) mass is 276 g/mol. The van der Waals surface area contributed by atoms with Crippen molar-refractivity contribution in [2.75, 3.05) is 25.4 Å². The van der Waals surface area contributed by atoms with Crippen LogP contribution in [0.2, 0.25) is 0 Å². The number of nitrogens with zero attached hydrogens (tertiary/aromatic N) is 1.